The molecule has 7 heteroatoms. The first-order valence-electron chi connectivity index (χ1n) is 8.17. The van der Waals surface area contributed by atoms with Crippen LogP contribution in [0.25, 0.3) is 0 Å². The molecule has 0 spiro atoms. The number of ether oxygens (including phenoxy) is 2. The number of nitrogens with zero attached hydrogens (tertiary/aromatic N) is 2. The summed E-state index contributed by atoms with van der Waals surface area (Å²) >= 11 is 0. The molecule has 0 aliphatic carbocycles. The smallest absolute Gasteiger partial charge is 0.354 e. The Kier molecular flexibility index (Phi) is 6.82. The third-order valence-corrected chi connectivity index (χ3v) is 3.60. The second kappa shape index (κ2) is 9.28. The average Bonchev–Trinajstić information content (AvgIpc) is 2.67. The molecule has 0 unspecified atom stereocenters. The van der Waals surface area contributed by atoms with E-state index < -0.39 is 11.9 Å². The SMILES string of the molecule is COC(=O)/C=C(/Nc1ccc(C)cc1N=Nc1ccc(C)cc1)C(=O)OC. The van der Waals surface area contributed by atoms with Crippen molar-refractivity contribution in [3.63, 3.8) is 0 Å². The summed E-state index contributed by atoms with van der Waals surface area (Å²) in [5.41, 5.74) is 3.73. The van der Waals surface area contributed by atoms with E-state index in [4.69, 9.17) is 4.74 Å². The minimum Gasteiger partial charge on any atom is -0.466 e. The van der Waals surface area contributed by atoms with E-state index in [1.165, 1.54) is 14.2 Å². The lowest BCUT2D eigenvalue weighted by molar-refractivity contribution is -0.138. The Balaban J connectivity index is 2.36. The Labute approximate surface area is 157 Å². The van der Waals surface area contributed by atoms with Gasteiger partial charge in [0.05, 0.1) is 31.7 Å². The van der Waals surface area contributed by atoms with Crippen LogP contribution < -0.4 is 5.32 Å². The van der Waals surface area contributed by atoms with E-state index in [0.717, 1.165) is 17.2 Å². The maximum absolute atomic E-state index is 11.9. The van der Waals surface area contributed by atoms with Crippen LogP contribution in [0, 0.1) is 13.8 Å². The number of azo groups is 1. The molecule has 140 valence electrons. The number of benzene rings is 2. The molecule has 0 amide bonds. The van der Waals surface area contributed by atoms with Gasteiger partial charge in [0.1, 0.15) is 11.4 Å². The Bertz CT molecular complexity index is 887. The molecule has 0 heterocycles. The third kappa shape index (κ3) is 5.78. The van der Waals surface area contributed by atoms with Crippen LogP contribution in [0.1, 0.15) is 11.1 Å². The summed E-state index contributed by atoms with van der Waals surface area (Å²) in [5, 5.41) is 11.4. The molecule has 0 saturated carbocycles. The number of methoxy groups -OCH3 is 2. The zero-order valence-corrected chi connectivity index (χ0v) is 15.6. The van der Waals surface area contributed by atoms with E-state index in [2.05, 4.69) is 20.3 Å². The molecule has 0 aromatic heterocycles. The fourth-order valence-electron chi connectivity index (χ4n) is 2.13. The Hall–Kier alpha value is -3.48. The molecule has 0 bridgehead atoms. The fourth-order valence-corrected chi connectivity index (χ4v) is 2.13. The highest BCUT2D eigenvalue weighted by atomic mass is 16.5. The van der Waals surface area contributed by atoms with Crippen molar-refractivity contribution in [3.8, 4) is 0 Å². The van der Waals surface area contributed by atoms with Crippen molar-refractivity contribution in [1.82, 2.24) is 0 Å². The first kappa shape index (κ1) is 19.8. The Morgan fingerprint density at radius 2 is 1.59 bits per heavy atom. The van der Waals surface area contributed by atoms with Gasteiger partial charge in [-0.2, -0.15) is 5.11 Å². The van der Waals surface area contributed by atoms with Crippen molar-refractivity contribution < 1.29 is 19.1 Å². The average molecular weight is 367 g/mol. The lowest BCUT2D eigenvalue weighted by Crippen LogP contribution is -2.15. The molecule has 2 aromatic rings. The van der Waals surface area contributed by atoms with Gasteiger partial charge in [0.2, 0.25) is 0 Å². The molecular formula is C20H21N3O4. The van der Waals surface area contributed by atoms with Gasteiger partial charge in [0, 0.05) is 0 Å². The maximum Gasteiger partial charge on any atom is 0.354 e. The van der Waals surface area contributed by atoms with Gasteiger partial charge in [0.25, 0.3) is 0 Å². The molecule has 0 fully saturated rings. The molecule has 1 N–H and O–H groups in total. The number of hydrogen-bond acceptors (Lipinski definition) is 7. The summed E-state index contributed by atoms with van der Waals surface area (Å²) in [6.07, 6.45) is 1.02. The van der Waals surface area contributed by atoms with E-state index >= 15 is 0 Å². The molecule has 2 aromatic carbocycles. The molecule has 27 heavy (non-hydrogen) atoms. The molecular weight excluding hydrogens is 346 g/mol. The number of carbonyl (C=O) groups is 2. The minimum absolute atomic E-state index is 0.0695. The molecule has 0 atom stereocenters. The summed E-state index contributed by atoms with van der Waals surface area (Å²) < 4.78 is 9.27. The van der Waals surface area contributed by atoms with Crippen molar-refractivity contribution in [2.45, 2.75) is 13.8 Å². The molecule has 2 rings (SSSR count). The second-order valence-corrected chi connectivity index (χ2v) is 5.75. The summed E-state index contributed by atoms with van der Waals surface area (Å²) in [6.45, 7) is 3.91. The normalized spacial score (nSPS) is 11.3. The van der Waals surface area contributed by atoms with E-state index in [0.29, 0.717) is 17.1 Å². The van der Waals surface area contributed by atoms with E-state index in [1.807, 2.05) is 50.2 Å². The number of aryl methyl sites for hydroxylation is 2. The van der Waals surface area contributed by atoms with Crippen molar-refractivity contribution in [1.29, 1.82) is 0 Å². The van der Waals surface area contributed by atoms with Gasteiger partial charge in [-0.05, 0) is 43.7 Å². The summed E-state index contributed by atoms with van der Waals surface area (Å²) in [5.74, 6) is -1.39. The van der Waals surface area contributed by atoms with Crippen molar-refractivity contribution in [2.75, 3.05) is 19.5 Å². The fraction of sp³-hybridized carbons (Fsp3) is 0.200. The van der Waals surface area contributed by atoms with Crippen LogP contribution >= 0.6 is 0 Å². The van der Waals surface area contributed by atoms with E-state index in [9.17, 15) is 9.59 Å². The first-order valence-corrected chi connectivity index (χ1v) is 8.17. The molecule has 0 aliphatic rings. The Morgan fingerprint density at radius 1 is 0.926 bits per heavy atom. The van der Waals surface area contributed by atoms with Crippen molar-refractivity contribution >= 4 is 29.0 Å². The zero-order chi connectivity index (χ0) is 19.8. The van der Waals surface area contributed by atoms with Crippen LogP contribution in [0.4, 0.5) is 17.1 Å². The van der Waals surface area contributed by atoms with Crippen molar-refractivity contribution in [3.05, 3.63) is 65.4 Å². The number of esters is 2. The van der Waals surface area contributed by atoms with Crippen LogP contribution in [-0.4, -0.2) is 26.2 Å². The standard InChI is InChI=1S/C20H21N3O4/c1-13-5-8-15(9-6-13)22-23-17-11-14(2)7-10-16(17)21-18(20(25)27-4)12-19(24)26-3/h5-12,21H,1-4H3/b18-12+,23-22?. The largest absolute Gasteiger partial charge is 0.466 e. The summed E-state index contributed by atoms with van der Waals surface area (Å²) in [7, 11) is 2.45. The topological polar surface area (TPSA) is 89.4 Å². The highest BCUT2D eigenvalue weighted by Gasteiger charge is 2.14. The predicted molar refractivity (Wildman–Crippen MR) is 102 cm³/mol. The zero-order valence-electron chi connectivity index (χ0n) is 15.6. The van der Waals surface area contributed by atoms with Crippen molar-refractivity contribution in [2.24, 2.45) is 10.2 Å². The molecule has 0 saturated heterocycles. The number of anilines is 1. The van der Waals surface area contributed by atoms with Gasteiger partial charge in [-0.25, -0.2) is 9.59 Å². The lowest BCUT2D eigenvalue weighted by Gasteiger charge is -2.11. The van der Waals surface area contributed by atoms with Crippen LogP contribution in [0.3, 0.4) is 0 Å². The highest BCUT2D eigenvalue weighted by Crippen LogP contribution is 2.29. The van der Waals surface area contributed by atoms with Gasteiger partial charge in [-0.15, -0.1) is 5.11 Å². The maximum atomic E-state index is 11.9. The van der Waals surface area contributed by atoms with Crippen LogP contribution in [0.2, 0.25) is 0 Å². The number of carbonyl (C=O) groups excluding carboxylic acids is 2. The number of hydrogen-bond donors (Lipinski definition) is 1. The van der Waals surface area contributed by atoms with Gasteiger partial charge < -0.3 is 14.8 Å². The number of rotatable bonds is 6. The highest BCUT2D eigenvalue weighted by molar-refractivity contribution is 5.99. The lowest BCUT2D eigenvalue weighted by atomic mass is 10.2. The third-order valence-electron chi connectivity index (χ3n) is 3.60. The van der Waals surface area contributed by atoms with E-state index in [-0.39, 0.29) is 5.70 Å². The summed E-state index contributed by atoms with van der Waals surface area (Å²) in [6, 6.07) is 13.0. The molecule has 0 radical (unpaired) electrons. The number of nitrogens with one attached hydrogen (secondary N) is 1. The van der Waals surface area contributed by atoms with Crippen LogP contribution in [-0.2, 0) is 19.1 Å². The van der Waals surface area contributed by atoms with Crippen LogP contribution in [0.5, 0.6) is 0 Å². The molecule has 0 aliphatic heterocycles. The Morgan fingerprint density at radius 3 is 2.22 bits per heavy atom. The minimum atomic E-state index is -0.706. The van der Waals surface area contributed by atoms with Gasteiger partial charge >= 0.3 is 11.9 Å². The first-order chi connectivity index (χ1) is 12.9. The van der Waals surface area contributed by atoms with Crippen LogP contribution in [0.15, 0.2) is 64.5 Å². The summed E-state index contributed by atoms with van der Waals surface area (Å²) in [4.78, 5) is 23.5. The molecule has 7 nitrogen and oxygen atoms in total. The predicted octanol–water partition coefficient (Wildman–Crippen LogP) is 4.36. The second-order valence-electron chi connectivity index (χ2n) is 5.75. The van der Waals surface area contributed by atoms with E-state index in [1.54, 1.807) is 6.07 Å². The van der Waals surface area contributed by atoms with Gasteiger partial charge in [0.15, 0.2) is 0 Å². The quantitative estimate of drug-likeness (QED) is 0.465. The monoisotopic (exact) mass is 367 g/mol. The van der Waals surface area contributed by atoms with Gasteiger partial charge in [-0.3, -0.25) is 0 Å². The van der Waals surface area contributed by atoms with Gasteiger partial charge in [-0.1, -0.05) is 23.8 Å².